The van der Waals surface area contributed by atoms with E-state index in [0.717, 1.165) is 16.5 Å². The standard InChI is InChI=1S/C10H10O2/c1-7-3-2-4-8-5-9(6-11)12-10(7)8/h2-5,11H,6H2,1H3. The Kier molecular flexibility index (Phi) is 1.62. The van der Waals surface area contributed by atoms with E-state index >= 15 is 0 Å². The van der Waals surface area contributed by atoms with E-state index in [1.807, 2.05) is 31.2 Å². The third kappa shape index (κ3) is 1.01. The molecule has 0 aliphatic rings. The van der Waals surface area contributed by atoms with Crippen LogP contribution in [0.15, 0.2) is 28.7 Å². The molecule has 0 aliphatic carbocycles. The van der Waals surface area contributed by atoms with Crippen molar-refractivity contribution in [3.8, 4) is 0 Å². The molecule has 1 heterocycles. The fraction of sp³-hybridized carbons (Fsp3) is 0.200. The van der Waals surface area contributed by atoms with Crippen LogP contribution in [-0.2, 0) is 6.61 Å². The van der Waals surface area contributed by atoms with E-state index in [-0.39, 0.29) is 6.61 Å². The van der Waals surface area contributed by atoms with Crippen LogP contribution in [0, 0.1) is 6.92 Å². The van der Waals surface area contributed by atoms with Crippen molar-refractivity contribution in [3.63, 3.8) is 0 Å². The third-order valence-electron chi connectivity index (χ3n) is 1.95. The number of fused-ring (bicyclic) bond motifs is 1. The SMILES string of the molecule is Cc1cccc2cc(CO)oc12. The van der Waals surface area contributed by atoms with E-state index < -0.39 is 0 Å². The summed E-state index contributed by atoms with van der Waals surface area (Å²) in [4.78, 5) is 0. The average Bonchev–Trinajstić information content (AvgIpc) is 2.49. The minimum atomic E-state index is -0.0336. The van der Waals surface area contributed by atoms with Crippen LogP contribution in [0.2, 0.25) is 0 Å². The Morgan fingerprint density at radius 3 is 2.92 bits per heavy atom. The molecule has 0 fully saturated rings. The molecule has 1 N–H and O–H groups in total. The van der Waals surface area contributed by atoms with Gasteiger partial charge in [0.2, 0.25) is 0 Å². The lowest BCUT2D eigenvalue weighted by molar-refractivity contribution is 0.251. The molecular formula is C10H10O2. The second-order valence-corrected chi connectivity index (χ2v) is 2.86. The van der Waals surface area contributed by atoms with E-state index in [9.17, 15) is 0 Å². The highest BCUT2D eigenvalue weighted by atomic mass is 16.4. The predicted molar refractivity (Wildman–Crippen MR) is 46.9 cm³/mol. The van der Waals surface area contributed by atoms with Crippen molar-refractivity contribution in [1.29, 1.82) is 0 Å². The summed E-state index contributed by atoms with van der Waals surface area (Å²) in [5.74, 6) is 0.624. The van der Waals surface area contributed by atoms with Crippen molar-refractivity contribution in [3.05, 3.63) is 35.6 Å². The minimum absolute atomic E-state index is 0.0336. The highest BCUT2D eigenvalue weighted by Gasteiger charge is 2.03. The first-order chi connectivity index (χ1) is 5.81. The molecule has 1 aromatic carbocycles. The van der Waals surface area contributed by atoms with Gasteiger partial charge in [-0.1, -0.05) is 18.2 Å². The lowest BCUT2D eigenvalue weighted by atomic mass is 10.2. The fourth-order valence-corrected chi connectivity index (χ4v) is 1.34. The number of aryl methyl sites for hydroxylation is 1. The van der Waals surface area contributed by atoms with Gasteiger partial charge >= 0.3 is 0 Å². The molecule has 12 heavy (non-hydrogen) atoms. The molecule has 2 nitrogen and oxygen atoms in total. The van der Waals surface area contributed by atoms with E-state index in [1.54, 1.807) is 0 Å². The molecule has 62 valence electrons. The first kappa shape index (κ1) is 7.37. The summed E-state index contributed by atoms with van der Waals surface area (Å²) < 4.78 is 5.40. The van der Waals surface area contributed by atoms with Crippen molar-refractivity contribution in [2.75, 3.05) is 0 Å². The molecule has 0 unspecified atom stereocenters. The number of para-hydroxylation sites is 1. The van der Waals surface area contributed by atoms with E-state index in [4.69, 9.17) is 9.52 Å². The zero-order valence-corrected chi connectivity index (χ0v) is 6.87. The molecule has 0 saturated heterocycles. The lowest BCUT2D eigenvalue weighted by Gasteiger charge is -1.91. The van der Waals surface area contributed by atoms with Crippen LogP contribution in [0.4, 0.5) is 0 Å². The molecule has 0 atom stereocenters. The maximum atomic E-state index is 8.84. The predicted octanol–water partition coefficient (Wildman–Crippen LogP) is 2.23. The Labute approximate surface area is 70.4 Å². The number of hydrogen-bond acceptors (Lipinski definition) is 2. The zero-order valence-electron chi connectivity index (χ0n) is 6.87. The Bertz CT molecular complexity index is 401. The van der Waals surface area contributed by atoms with Crippen LogP contribution < -0.4 is 0 Å². The smallest absolute Gasteiger partial charge is 0.137 e. The number of hydrogen-bond donors (Lipinski definition) is 1. The summed E-state index contributed by atoms with van der Waals surface area (Å²) in [6.07, 6.45) is 0. The van der Waals surface area contributed by atoms with Crippen molar-refractivity contribution >= 4 is 11.0 Å². The molecule has 0 radical (unpaired) electrons. The summed E-state index contributed by atoms with van der Waals surface area (Å²) in [5.41, 5.74) is 1.98. The summed E-state index contributed by atoms with van der Waals surface area (Å²) in [5, 5.41) is 9.89. The Hall–Kier alpha value is -1.28. The largest absolute Gasteiger partial charge is 0.458 e. The molecule has 2 aromatic rings. The summed E-state index contributed by atoms with van der Waals surface area (Å²) in [6, 6.07) is 7.81. The molecule has 0 amide bonds. The number of benzene rings is 1. The summed E-state index contributed by atoms with van der Waals surface area (Å²) in [7, 11) is 0. The van der Waals surface area contributed by atoms with Gasteiger partial charge in [0.15, 0.2) is 0 Å². The first-order valence-electron chi connectivity index (χ1n) is 3.90. The van der Waals surface area contributed by atoms with Crippen molar-refractivity contribution < 1.29 is 9.52 Å². The van der Waals surface area contributed by atoms with Crippen molar-refractivity contribution in [2.45, 2.75) is 13.5 Å². The molecular weight excluding hydrogens is 152 g/mol. The molecule has 2 rings (SSSR count). The van der Waals surface area contributed by atoms with Gasteiger partial charge < -0.3 is 9.52 Å². The van der Waals surface area contributed by atoms with Gasteiger partial charge in [-0.05, 0) is 18.6 Å². The molecule has 0 bridgehead atoms. The van der Waals surface area contributed by atoms with Crippen LogP contribution in [0.1, 0.15) is 11.3 Å². The summed E-state index contributed by atoms with van der Waals surface area (Å²) in [6.45, 7) is 1.96. The third-order valence-corrected chi connectivity index (χ3v) is 1.95. The van der Waals surface area contributed by atoms with Gasteiger partial charge in [0, 0.05) is 5.39 Å². The van der Waals surface area contributed by atoms with Gasteiger partial charge in [0.1, 0.15) is 18.0 Å². The molecule has 0 spiro atoms. The Morgan fingerprint density at radius 1 is 1.42 bits per heavy atom. The maximum Gasteiger partial charge on any atom is 0.137 e. The first-order valence-corrected chi connectivity index (χ1v) is 3.90. The zero-order chi connectivity index (χ0) is 8.55. The maximum absolute atomic E-state index is 8.84. The van der Waals surface area contributed by atoms with Gasteiger partial charge in [0.25, 0.3) is 0 Å². The van der Waals surface area contributed by atoms with Gasteiger partial charge in [0.05, 0.1) is 0 Å². The highest BCUT2D eigenvalue weighted by molar-refractivity contribution is 5.80. The van der Waals surface area contributed by atoms with E-state index in [2.05, 4.69) is 0 Å². The molecule has 0 aliphatic heterocycles. The normalized spacial score (nSPS) is 10.8. The lowest BCUT2D eigenvalue weighted by Crippen LogP contribution is -1.73. The van der Waals surface area contributed by atoms with Crippen molar-refractivity contribution in [1.82, 2.24) is 0 Å². The summed E-state index contributed by atoms with van der Waals surface area (Å²) >= 11 is 0. The van der Waals surface area contributed by atoms with Crippen LogP contribution in [-0.4, -0.2) is 5.11 Å². The van der Waals surface area contributed by atoms with Crippen LogP contribution in [0.5, 0.6) is 0 Å². The average molecular weight is 162 g/mol. The monoisotopic (exact) mass is 162 g/mol. The number of rotatable bonds is 1. The van der Waals surface area contributed by atoms with E-state index in [1.165, 1.54) is 0 Å². The second kappa shape index (κ2) is 2.64. The topological polar surface area (TPSA) is 33.4 Å². The van der Waals surface area contributed by atoms with Gasteiger partial charge in [-0.3, -0.25) is 0 Å². The quantitative estimate of drug-likeness (QED) is 0.697. The van der Waals surface area contributed by atoms with E-state index in [0.29, 0.717) is 5.76 Å². The van der Waals surface area contributed by atoms with Gasteiger partial charge in [-0.15, -0.1) is 0 Å². The number of aliphatic hydroxyl groups is 1. The fourth-order valence-electron chi connectivity index (χ4n) is 1.34. The Morgan fingerprint density at radius 2 is 2.25 bits per heavy atom. The van der Waals surface area contributed by atoms with Crippen LogP contribution in [0.3, 0.4) is 0 Å². The van der Waals surface area contributed by atoms with Gasteiger partial charge in [-0.2, -0.15) is 0 Å². The second-order valence-electron chi connectivity index (χ2n) is 2.86. The van der Waals surface area contributed by atoms with Crippen LogP contribution >= 0.6 is 0 Å². The number of furan rings is 1. The van der Waals surface area contributed by atoms with Gasteiger partial charge in [-0.25, -0.2) is 0 Å². The molecule has 0 saturated carbocycles. The highest BCUT2D eigenvalue weighted by Crippen LogP contribution is 2.22. The molecule has 1 aromatic heterocycles. The Balaban J connectivity index is 2.74. The van der Waals surface area contributed by atoms with Crippen LogP contribution in [0.25, 0.3) is 11.0 Å². The number of aliphatic hydroxyl groups excluding tert-OH is 1. The minimum Gasteiger partial charge on any atom is -0.458 e. The molecule has 2 heteroatoms. The van der Waals surface area contributed by atoms with Crippen molar-refractivity contribution in [2.24, 2.45) is 0 Å².